The molecule has 1 N–H and O–H groups in total. The molecule has 0 saturated carbocycles. The van der Waals surface area contributed by atoms with E-state index in [1.165, 1.54) is 10.9 Å². The second kappa shape index (κ2) is 7.85. The number of rotatable bonds is 4. The molecule has 2 aliphatic heterocycles. The Bertz CT molecular complexity index is 1160. The summed E-state index contributed by atoms with van der Waals surface area (Å²) in [6.45, 7) is 2.23. The van der Waals surface area contributed by atoms with Crippen LogP contribution in [0, 0.1) is 0 Å². The number of hydrogen-bond acceptors (Lipinski definition) is 4. The first-order chi connectivity index (χ1) is 15.0. The van der Waals surface area contributed by atoms with Crippen molar-refractivity contribution in [3.63, 3.8) is 0 Å². The van der Waals surface area contributed by atoms with E-state index in [0.29, 0.717) is 22.7 Å². The average molecular weight is 439 g/mol. The molecular weight excluding hydrogens is 416 g/mol. The van der Waals surface area contributed by atoms with Gasteiger partial charge in [0.2, 0.25) is 0 Å². The fourth-order valence-corrected chi connectivity index (χ4v) is 4.34. The lowest BCUT2D eigenvalue weighted by Crippen LogP contribution is -2.44. The number of amides is 2. The summed E-state index contributed by atoms with van der Waals surface area (Å²) >= 11 is 6.11. The highest BCUT2D eigenvalue weighted by atomic mass is 35.5. The smallest absolute Gasteiger partial charge is 0.270 e. The number of imidazole rings is 1. The standard InChI is InChI=1S/C22H23ClN6O2/c1-27-20(17(12-24-27)22(31)28-7-3-8-28)21(30)25-16-6-9-29-13-18(26-19(29)11-16)14-4-2-5-15(23)10-14/h2,4-5,10,12-13,16H,3,6-9,11H2,1H3,(H,25,30)/t16-/m1/s1. The normalized spacial score (nSPS) is 17.7. The predicted octanol–water partition coefficient (Wildman–Crippen LogP) is 2.53. The number of benzene rings is 1. The number of aromatic nitrogens is 4. The zero-order valence-electron chi connectivity index (χ0n) is 17.2. The molecule has 1 fully saturated rings. The maximum absolute atomic E-state index is 13.0. The first kappa shape index (κ1) is 19.8. The van der Waals surface area contributed by atoms with Gasteiger partial charge in [0.25, 0.3) is 11.8 Å². The van der Waals surface area contributed by atoms with Crippen LogP contribution in [0.15, 0.2) is 36.7 Å². The summed E-state index contributed by atoms with van der Waals surface area (Å²) in [6, 6.07) is 7.57. The Morgan fingerprint density at radius 1 is 1.23 bits per heavy atom. The second-order valence-corrected chi connectivity index (χ2v) is 8.52. The summed E-state index contributed by atoms with van der Waals surface area (Å²) in [4.78, 5) is 32.2. The van der Waals surface area contributed by atoms with Crippen molar-refractivity contribution >= 4 is 23.4 Å². The summed E-state index contributed by atoms with van der Waals surface area (Å²) in [7, 11) is 1.69. The molecule has 0 aliphatic carbocycles. The molecule has 1 atom stereocenters. The summed E-state index contributed by atoms with van der Waals surface area (Å²) < 4.78 is 3.60. The Labute approximate surface area is 184 Å². The molecule has 2 aliphatic rings. The van der Waals surface area contributed by atoms with E-state index in [-0.39, 0.29) is 17.9 Å². The first-order valence-electron chi connectivity index (χ1n) is 10.4. The van der Waals surface area contributed by atoms with E-state index in [1.54, 1.807) is 11.9 Å². The molecule has 0 unspecified atom stereocenters. The number of nitrogens with zero attached hydrogens (tertiary/aromatic N) is 5. The summed E-state index contributed by atoms with van der Waals surface area (Å²) in [5.41, 5.74) is 2.52. The molecule has 0 bridgehead atoms. The molecular formula is C22H23ClN6O2. The molecule has 1 aromatic carbocycles. The van der Waals surface area contributed by atoms with Crippen molar-refractivity contribution < 1.29 is 9.59 Å². The van der Waals surface area contributed by atoms with Gasteiger partial charge < -0.3 is 14.8 Å². The van der Waals surface area contributed by atoms with Crippen LogP contribution in [0.5, 0.6) is 0 Å². The number of fused-ring (bicyclic) bond motifs is 1. The molecule has 1 saturated heterocycles. The molecule has 2 amide bonds. The molecule has 4 heterocycles. The van der Waals surface area contributed by atoms with Crippen molar-refractivity contribution in [2.75, 3.05) is 13.1 Å². The van der Waals surface area contributed by atoms with Gasteiger partial charge in [-0.05, 0) is 25.0 Å². The zero-order chi connectivity index (χ0) is 21.5. The molecule has 31 heavy (non-hydrogen) atoms. The number of carbonyl (C=O) groups excluding carboxylic acids is 2. The number of nitrogens with one attached hydrogen (secondary N) is 1. The Morgan fingerprint density at radius 2 is 2.06 bits per heavy atom. The van der Waals surface area contributed by atoms with Crippen molar-refractivity contribution in [2.24, 2.45) is 7.05 Å². The van der Waals surface area contributed by atoms with Gasteiger partial charge in [-0.2, -0.15) is 5.10 Å². The molecule has 8 nitrogen and oxygen atoms in total. The molecule has 0 spiro atoms. The fourth-order valence-electron chi connectivity index (χ4n) is 4.14. The molecule has 0 radical (unpaired) electrons. The van der Waals surface area contributed by atoms with Crippen LogP contribution in [-0.4, -0.2) is 55.2 Å². The minimum atomic E-state index is -0.274. The third kappa shape index (κ3) is 3.72. The second-order valence-electron chi connectivity index (χ2n) is 8.09. The minimum absolute atomic E-state index is 0.0588. The Balaban J connectivity index is 1.31. The number of halogens is 1. The van der Waals surface area contributed by atoms with Crippen LogP contribution in [-0.2, 0) is 20.0 Å². The summed E-state index contributed by atoms with van der Waals surface area (Å²) in [5, 5.41) is 7.91. The van der Waals surface area contributed by atoms with Gasteiger partial charge in [-0.15, -0.1) is 0 Å². The lowest BCUT2D eigenvalue weighted by molar-refractivity contribution is 0.0646. The highest BCUT2D eigenvalue weighted by molar-refractivity contribution is 6.30. The zero-order valence-corrected chi connectivity index (χ0v) is 18.0. The number of aryl methyl sites for hydroxylation is 2. The quantitative estimate of drug-likeness (QED) is 0.678. The molecule has 2 aromatic heterocycles. The average Bonchev–Trinajstić information content (AvgIpc) is 3.29. The number of hydrogen-bond donors (Lipinski definition) is 1. The van der Waals surface area contributed by atoms with E-state index >= 15 is 0 Å². The summed E-state index contributed by atoms with van der Waals surface area (Å²) in [5.74, 6) is 0.521. The van der Waals surface area contributed by atoms with Gasteiger partial charge >= 0.3 is 0 Å². The largest absolute Gasteiger partial charge is 0.347 e. The molecule has 5 rings (SSSR count). The van der Waals surface area contributed by atoms with E-state index in [9.17, 15) is 9.59 Å². The fraction of sp³-hybridized carbons (Fsp3) is 0.364. The predicted molar refractivity (Wildman–Crippen MR) is 116 cm³/mol. The minimum Gasteiger partial charge on any atom is -0.347 e. The maximum Gasteiger partial charge on any atom is 0.270 e. The van der Waals surface area contributed by atoms with Crippen molar-refractivity contribution in [2.45, 2.75) is 31.8 Å². The van der Waals surface area contributed by atoms with E-state index in [1.807, 2.05) is 30.5 Å². The number of likely N-dealkylation sites (tertiary alicyclic amines) is 1. The van der Waals surface area contributed by atoms with Crippen molar-refractivity contribution in [3.05, 3.63) is 58.8 Å². The maximum atomic E-state index is 13.0. The van der Waals surface area contributed by atoms with Gasteiger partial charge in [0.1, 0.15) is 11.5 Å². The molecule has 160 valence electrons. The first-order valence-corrected chi connectivity index (χ1v) is 10.8. The lowest BCUT2D eigenvalue weighted by atomic mass is 10.1. The monoisotopic (exact) mass is 438 g/mol. The van der Waals surface area contributed by atoms with Crippen LogP contribution in [0.1, 0.15) is 39.5 Å². The SMILES string of the molecule is Cn1ncc(C(=O)N2CCC2)c1C(=O)N[C@@H]1CCn2cc(-c3cccc(Cl)c3)nc2C1. The lowest BCUT2D eigenvalue weighted by Gasteiger charge is -2.30. The van der Waals surface area contributed by atoms with Gasteiger partial charge in [-0.3, -0.25) is 14.3 Å². The van der Waals surface area contributed by atoms with E-state index in [0.717, 1.165) is 49.6 Å². The van der Waals surface area contributed by atoms with Crippen LogP contribution in [0.2, 0.25) is 5.02 Å². The van der Waals surface area contributed by atoms with Crippen molar-refractivity contribution in [1.29, 1.82) is 0 Å². The van der Waals surface area contributed by atoms with Crippen molar-refractivity contribution in [1.82, 2.24) is 29.5 Å². The van der Waals surface area contributed by atoms with Crippen LogP contribution in [0.4, 0.5) is 0 Å². The highest BCUT2D eigenvalue weighted by Gasteiger charge is 2.30. The van der Waals surface area contributed by atoms with E-state index in [4.69, 9.17) is 16.6 Å². The Morgan fingerprint density at radius 3 is 2.81 bits per heavy atom. The van der Waals surface area contributed by atoms with E-state index < -0.39 is 0 Å². The van der Waals surface area contributed by atoms with E-state index in [2.05, 4.69) is 15.0 Å². The van der Waals surface area contributed by atoms with Crippen LogP contribution >= 0.6 is 11.6 Å². The molecule has 9 heteroatoms. The van der Waals surface area contributed by atoms with Gasteiger partial charge in [0.05, 0.1) is 17.5 Å². The topological polar surface area (TPSA) is 85.0 Å². The van der Waals surface area contributed by atoms with Gasteiger partial charge in [-0.25, -0.2) is 4.98 Å². The third-order valence-corrected chi connectivity index (χ3v) is 6.22. The van der Waals surface area contributed by atoms with Crippen molar-refractivity contribution in [3.8, 4) is 11.3 Å². The highest BCUT2D eigenvalue weighted by Crippen LogP contribution is 2.25. The number of carbonyl (C=O) groups is 2. The van der Waals surface area contributed by atoms with Gasteiger partial charge in [0, 0.05) is 55.9 Å². The molecule has 3 aromatic rings. The van der Waals surface area contributed by atoms with Gasteiger partial charge in [-0.1, -0.05) is 23.7 Å². The Kier molecular flexibility index (Phi) is 5.02. The summed E-state index contributed by atoms with van der Waals surface area (Å²) in [6.07, 6.45) is 5.93. The third-order valence-electron chi connectivity index (χ3n) is 5.99. The van der Waals surface area contributed by atoms with Gasteiger partial charge in [0.15, 0.2) is 0 Å². The Hall–Kier alpha value is -3.13. The van der Waals surface area contributed by atoms with Crippen LogP contribution < -0.4 is 5.32 Å². The van der Waals surface area contributed by atoms with Crippen LogP contribution in [0.3, 0.4) is 0 Å². The van der Waals surface area contributed by atoms with Crippen LogP contribution in [0.25, 0.3) is 11.3 Å².